The molecule has 5 nitrogen and oxygen atoms in total. The maximum Gasteiger partial charge on any atom is 0.159 e. The third-order valence-corrected chi connectivity index (χ3v) is 18.5. The molecule has 0 atom stereocenters. The van der Waals surface area contributed by atoms with Crippen LogP contribution in [0.3, 0.4) is 0 Å². The van der Waals surface area contributed by atoms with Crippen LogP contribution in [-0.4, -0.2) is 0 Å². The Morgan fingerprint density at radius 2 is 0.554 bits per heavy atom. The van der Waals surface area contributed by atoms with Crippen molar-refractivity contribution in [2.24, 2.45) is 0 Å². The molecule has 2 aliphatic rings. The van der Waals surface area contributed by atoms with Crippen LogP contribution in [0.2, 0.25) is 0 Å². The van der Waals surface area contributed by atoms with Gasteiger partial charge in [0.25, 0.3) is 0 Å². The fourth-order valence-electron chi connectivity index (χ4n) is 14.6. The van der Waals surface area contributed by atoms with Crippen LogP contribution >= 0.6 is 0 Å². The highest BCUT2D eigenvalue weighted by Crippen LogP contribution is 2.53. The summed E-state index contributed by atoms with van der Waals surface area (Å²) in [5, 5.41) is 10.8. The van der Waals surface area contributed by atoms with E-state index in [1.54, 1.807) is 0 Å². The summed E-state index contributed by atoms with van der Waals surface area (Å²) in [5.41, 5.74) is 18.8. The van der Waals surface area contributed by atoms with Crippen molar-refractivity contribution in [2.75, 3.05) is 9.80 Å². The minimum absolute atomic E-state index is 0.497. The summed E-state index contributed by atoms with van der Waals surface area (Å²) in [5.74, 6) is 0.994. The second kappa shape index (κ2) is 19.4. The van der Waals surface area contributed by atoms with Crippen molar-refractivity contribution in [1.29, 1.82) is 0 Å². The van der Waals surface area contributed by atoms with Crippen LogP contribution in [0.4, 0.5) is 34.1 Å². The molecule has 5 heteroatoms. The number of rotatable bonds is 10. The third-order valence-electron chi connectivity index (χ3n) is 18.5. The molecule has 15 aromatic rings. The molecular formula is C78H58N2O3. The highest BCUT2D eigenvalue weighted by Gasteiger charge is 2.30. The van der Waals surface area contributed by atoms with Crippen LogP contribution in [-0.2, 0) is 0 Å². The molecule has 2 aliphatic carbocycles. The molecule has 2 saturated carbocycles. The van der Waals surface area contributed by atoms with E-state index >= 15 is 0 Å². The van der Waals surface area contributed by atoms with E-state index in [2.05, 4.69) is 252 Å². The molecule has 398 valence electrons. The van der Waals surface area contributed by atoms with E-state index in [0.29, 0.717) is 11.8 Å². The number of anilines is 6. The first-order valence-electron chi connectivity index (χ1n) is 29.8. The summed E-state index contributed by atoms with van der Waals surface area (Å²) in [4.78, 5) is 4.86. The fourth-order valence-corrected chi connectivity index (χ4v) is 14.6. The van der Waals surface area contributed by atoms with E-state index in [4.69, 9.17) is 13.3 Å². The Bertz CT molecular complexity index is 4670. The van der Waals surface area contributed by atoms with E-state index in [-0.39, 0.29) is 0 Å². The molecular weight excluding hydrogens is 1010 g/mol. The summed E-state index contributed by atoms with van der Waals surface area (Å²) < 4.78 is 22.0. The van der Waals surface area contributed by atoms with Crippen molar-refractivity contribution in [2.45, 2.75) is 63.2 Å². The normalized spacial score (nSPS) is 14.3. The van der Waals surface area contributed by atoms with Crippen LogP contribution in [0.5, 0.6) is 0 Å². The van der Waals surface area contributed by atoms with Gasteiger partial charge >= 0.3 is 0 Å². The van der Waals surface area contributed by atoms with Gasteiger partial charge in [-0.25, -0.2) is 0 Å². The molecule has 12 aromatic carbocycles. The van der Waals surface area contributed by atoms with Crippen LogP contribution in [0.15, 0.2) is 256 Å². The third kappa shape index (κ3) is 7.74. The van der Waals surface area contributed by atoms with Crippen LogP contribution in [0.25, 0.3) is 110 Å². The zero-order chi connectivity index (χ0) is 54.5. The van der Waals surface area contributed by atoms with Gasteiger partial charge in [0.05, 0.1) is 22.7 Å². The Balaban J connectivity index is 0.928. The SMILES string of the molecule is c1ccc(-c2ccc(N(c3cc4c5cc(N(c6ccc(-c7ccccc7)cc6)c6cccc7c6oc6c(C8CCCC8)cccc67)c6ccccc6c5oc4c4ccccc34)c3cccc4c3oc3c(C5CCCC5)cccc34)cc2)cc1. The van der Waals surface area contributed by atoms with E-state index in [9.17, 15) is 0 Å². The lowest BCUT2D eigenvalue weighted by Crippen LogP contribution is -2.11. The number of hydrogen-bond donors (Lipinski definition) is 0. The molecule has 0 spiro atoms. The van der Waals surface area contributed by atoms with Gasteiger partial charge in [0, 0.05) is 65.2 Å². The molecule has 0 bridgehead atoms. The Labute approximate surface area is 481 Å². The standard InChI is InChI=1S/C78H58N2O3/c1-3-19-49(20-4-1)51-39-43-55(44-40-51)79(69-37-17-35-65-63-33-15-31-57(53-23-7-8-24-53)73(63)82-77(65)69)71-47-67-68-48-72(60-28-12-14-30-62(60)76(68)81-75(67)61-29-13-11-27-59(61)71)80(56-45-41-52(42-46-56)50-21-5-2-6-22-50)70-38-18-36-66-64-34-16-32-58(54-25-9-10-26-54)74(64)83-78(66)70/h1-6,11-22,27-48,53-54H,7-10,23-26H2. The maximum atomic E-state index is 7.37. The quantitative estimate of drug-likeness (QED) is 0.137. The smallest absolute Gasteiger partial charge is 0.159 e. The van der Waals surface area contributed by atoms with Crippen LogP contribution < -0.4 is 9.80 Å². The largest absolute Gasteiger partial charge is 0.455 e. The number of fused-ring (bicyclic) bond motifs is 13. The molecule has 0 amide bonds. The van der Waals surface area contributed by atoms with E-state index < -0.39 is 0 Å². The zero-order valence-electron chi connectivity index (χ0n) is 46.0. The second-order valence-corrected chi connectivity index (χ2v) is 23.2. The lowest BCUT2D eigenvalue weighted by Gasteiger charge is -2.28. The highest BCUT2D eigenvalue weighted by atomic mass is 16.3. The molecule has 2 fully saturated rings. The summed E-state index contributed by atoms with van der Waals surface area (Å²) in [7, 11) is 0. The van der Waals surface area contributed by atoms with Crippen molar-refractivity contribution in [3.8, 4) is 22.3 Å². The minimum atomic E-state index is 0.497. The van der Waals surface area contributed by atoms with E-state index in [1.165, 1.54) is 73.6 Å². The Hall–Kier alpha value is -9.84. The summed E-state index contributed by atoms with van der Waals surface area (Å²) >= 11 is 0. The highest BCUT2D eigenvalue weighted by molar-refractivity contribution is 6.26. The monoisotopic (exact) mass is 1070 g/mol. The van der Waals surface area contributed by atoms with Crippen molar-refractivity contribution >= 4 is 121 Å². The van der Waals surface area contributed by atoms with E-state index in [0.717, 1.165) is 133 Å². The topological polar surface area (TPSA) is 45.9 Å². The lowest BCUT2D eigenvalue weighted by atomic mass is 9.95. The Kier molecular flexibility index (Phi) is 11.2. The van der Waals surface area contributed by atoms with Crippen LogP contribution in [0.1, 0.15) is 74.3 Å². The predicted molar refractivity (Wildman–Crippen MR) is 346 cm³/mol. The van der Waals surface area contributed by atoms with Gasteiger partial charge in [-0.3, -0.25) is 0 Å². The predicted octanol–water partition coefficient (Wildman–Crippen LogP) is 23.3. The molecule has 83 heavy (non-hydrogen) atoms. The van der Waals surface area contributed by atoms with Crippen molar-refractivity contribution in [3.63, 3.8) is 0 Å². The second-order valence-electron chi connectivity index (χ2n) is 23.2. The van der Waals surface area contributed by atoms with Gasteiger partial charge in [-0.05, 0) is 119 Å². The number of benzene rings is 12. The first kappa shape index (κ1) is 47.9. The first-order valence-corrected chi connectivity index (χ1v) is 29.8. The van der Waals surface area contributed by atoms with Crippen molar-refractivity contribution in [1.82, 2.24) is 0 Å². The van der Waals surface area contributed by atoms with Gasteiger partial charge in [-0.1, -0.05) is 220 Å². The molecule has 0 aliphatic heterocycles. The molecule has 3 aromatic heterocycles. The average Bonchev–Trinajstić information content (AvgIpc) is 2.87. The van der Waals surface area contributed by atoms with Gasteiger partial charge in [0.1, 0.15) is 22.3 Å². The number of para-hydroxylation sites is 4. The Morgan fingerprint density at radius 1 is 0.241 bits per heavy atom. The summed E-state index contributed by atoms with van der Waals surface area (Å²) in [6.07, 6.45) is 9.81. The molecule has 0 saturated heterocycles. The van der Waals surface area contributed by atoms with Crippen molar-refractivity contribution < 1.29 is 13.3 Å². The molecule has 0 radical (unpaired) electrons. The van der Waals surface area contributed by atoms with Crippen molar-refractivity contribution in [3.05, 3.63) is 254 Å². The number of nitrogens with zero attached hydrogens (tertiary/aromatic N) is 2. The zero-order valence-corrected chi connectivity index (χ0v) is 46.0. The van der Waals surface area contributed by atoms with Crippen LogP contribution in [0, 0.1) is 0 Å². The molecule has 0 unspecified atom stereocenters. The maximum absolute atomic E-state index is 7.37. The van der Waals surface area contributed by atoms with E-state index in [1.807, 2.05) is 0 Å². The fraction of sp³-hybridized carbons (Fsp3) is 0.128. The van der Waals surface area contributed by atoms with Gasteiger partial charge in [-0.15, -0.1) is 0 Å². The summed E-state index contributed by atoms with van der Waals surface area (Å²) in [6, 6.07) is 88.5. The minimum Gasteiger partial charge on any atom is -0.455 e. The average molecular weight is 1070 g/mol. The lowest BCUT2D eigenvalue weighted by molar-refractivity contribution is 0.643. The van der Waals surface area contributed by atoms with Gasteiger partial charge in [0.15, 0.2) is 11.2 Å². The molecule has 3 heterocycles. The number of furan rings is 3. The Morgan fingerprint density at radius 3 is 0.964 bits per heavy atom. The molecule has 0 N–H and O–H groups in total. The summed E-state index contributed by atoms with van der Waals surface area (Å²) in [6.45, 7) is 0. The van der Waals surface area contributed by atoms with Gasteiger partial charge < -0.3 is 23.1 Å². The molecule has 17 rings (SSSR count). The van der Waals surface area contributed by atoms with Gasteiger partial charge in [-0.2, -0.15) is 0 Å². The number of hydrogen-bond acceptors (Lipinski definition) is 5. The first-order chi connectivity index (χ1) is 41.2. The van der Waals surface area contributed by atoms with Gasteiger partial charge in [0.2, 0.25) is 0 Å².